The summed E-state index contributed by atoms with van der Waals surface area (Å²) in [6.07, 6.45) is 0.525. The van der Waals surface area contributed by atoms with E-state index in [1.807, 2.05) is 37.2 Å². The molecular weight excluding hydrogens is 338 g/mol. The van der Waals surface area contributed by atoms with Gasteiger partial charge in [0.1, 0.15) is 12.0 Å². The van der Waals surface area contributed by atoms with Gasteiger partial charge in [0.15, 0.2) is 0 Å². The lowest BCUT2D eigenvalue weighted by Crippen LogP contribution is -2.31. The van der Waals surface area contributed by atoms with Crippen LogP contribution in [0, 0.1) is 0 Å². The van der Waals surface area contributed by atoms with Gasteiger partial charge in [0.05, 0.1) is 11.4 Å². The SMILES string of the molecule is CCc1cc(=O)oc2nc(OCc3ccc4c(c3)NNN4C)[nH]c(=O)c12. The summed E-state index contributed by atoms with van der Waals surface area (Å²) >= 11 is 0. The highest BCUT2D eigenvalue weighted by Crippen LogP contribution is 2.28. The van der Waals surface area contributed by atoms with Gasteiger partial charge in [-0.25, -0.2) is 4.79 Å². The average Bonchev–Trinajstić information content (AvgIpc) is 2.99. The van der Waals surface area contributed by atoms with Gasteiger partial charge in [-0.05, 0) is 29.7 Å². The molecule has 0 fully saturated rings. The number of rotatable bonds is 4. The first kappa shape index (κ1) is 16.2. The zero-order chi connectivity index (χ0) is 18.3. The maximum Gasteiger partial charge on any atom is 0.337 e. The number of ether oxygens (including phenoxy) is 1. The fourth-order valence-electron chi connectivity index (χ4n) is 2.90. The minimum atomic E-state index is -0.542. The Labute approximate surface area is 147 Å². The Morgan fingerprint density at radius 3 is 2.92 bits per heavy atom. The van der Waals surface area contributed by atoms with Gasteiger partial charge < -0.3 is 14.6 Å². The zero-order valence-electron chi connectivity index (χ0n) is 14.3. The number of nitrogens with zero attached hydrogens (tertiary/aromatic N) is 2. The van der Waals surface area contributed by atoms with Crippen LogP contribution in [-0.4, -0.2) is 17.0 Å². The van der Waals surface area contributed by atoms with Gasteiger partial charge >= 0.3 is 5.63 Å². The number of fused-ring (bicyclic) bond motifs is 2. The van der Waals surface area contributed by atoms with E-state index < -0.39 is 11.2 Å². The monoisotopic (exact) mass is 355 g/mol. The summed E-state index contributed by atoms with van der Waals surface area (Å²) in [5, 5.41) is 2.13. The third-order valence-corrected chi connectivity index (χ3v) is 4.21. The Morgan fingerprint density at radius 2 is 2.12 bits per heavy atom. The topological polar surface area (TPSA) is 112 Å². The molecule has 0 spiro atoms. The van der Waals surface area contributed by atoms with Crippen molar-refractivity contribution < 1.29 is 9.15 Å². The van der Waals surface area contributed by atoms with Gasteiger partial charge in [0, 0.05) is 13.1 Å². The van der Waals surface area contributed by atoms with Gasteiger partial charge in [-0.2, -0.15) is 4.98 Å². The Kier molecular flexibility index (Phi) is 3.85. The van der Waals surface area contributed by atoms with Crippen molar-refractivity contribution in [3.63, 3.8) is 0 Å². The number of aryl methyl sites for hydroxylation is 1. The van der Waals surface area contributed by atoms with E-state index in [1.165, 1.54) is 6.07 Å². The van der Waals surface area contributed by atoms with Crippen molar-refractivity contribution in [2.24, 2.45) is 0 Å². The van der Waals surface area contributed by atoms with Gasteiger partial charge in [-0.3, -0.25) is 14.8 Å². The molecule has 2 aromatic heterocycles. The predicted molar refractivity (Wildman–Crippen MR) is 96.2 cm³/mol. The fraction of sp³-hybridized carbons (Fsp3) is 0.235. The molecule has 1 aliphatic rings. The molecule has 134 valence electrons. The number of H-pyrrole nitrogens is 1. The number of aromatic amines is 1. The molecule has 0 saturated carbocycles. The minimum Gasteiger partial charge on any atom is -0.460 e. The van der Waals surface area contributed by atoms with Crippen LogP contribution in [0.5, 0.6) is 6.01 Å². The highest BCUT2D eigenvalue weighted by molar-refractivity contribution is 5.76. The van der Waals surface area contributed by atoms with E-state index >= 15 is 0 Å². The molecular formula is C17H17N5O4. The molecule has 3 aromatic rings. The molecule has 9 heteroatoms. The summed E-state index contributed by atoms with van der Waals surface area (Å²) < 4.78 is 10.7. The highest BCUT2D eigenvalue weighted by atomic mass is 16.5. The molecule has 9 nitrogen and oxygen atoms in total. The van der Waals surface area contributed by atoms with Gasteiger partial charge in [0.25, 0.3) is 11.6 Å². The summed E-state index contributed by atoms with van der Waals surface area (Å²) in [5.74, 6) is 0. The van der Waals surface area contributed by atoms with E-state index in [4.69, 9.17) is 9.15 Å². The van der Waals surface area contributed by atoms with Crippen LogP contribution in [0.1, 0.15) is 18.1 Å². The molecule has 1 aromatic carbocycles. The fourth-order valence-corrected chi connectivity index (χ4v) is 2.90. The number of aromatic nitrogens is 2. The number of hydrogen-bond donors (Lipinski definition) is 3. The third-order valence-electron chi connectivity index (χ3n) is 4.21. The minimum absolute atomic E-state index is 0.00241. The molecule has 3 N–H and O–H groups in total. The Morgan fingerprint density at radius 1 is 1.27 bits per heavy atom. The highest BCUT2D eigenvalue weighted by Gasteiger charge is 2.15. The first-order chi connectivity index (χ1) is 12.5. The van der Waals surface area contributed by atoms with Crippen LogP contribution >= 0.6 is 0 Å². The maximum absolute atomic E-state index is 12.3. The van der Waals surface area contributed by atoms with E-state index in [9.17, 15) is 9.59 Å². The molecule has 0 unspecified atom stereocenters. The van der Waals surface area contributed by atoms with Gasteiger partial charge in [-0.1, -0.05) is 13.0 Å². The van der Waals surface area contributed by atoms with Crippen molar-refractivity contribution in [2.75, 3.05) is 17.5 Å². The molecule has 0 radical (unpaired) electrons. The zero-order valence-corrected chi connectivity index (χ0v) is 14.3. The second-order valence-corrected chi connectivity index (χ2v) is 5.93. The van der Waals surface area contributed by atoms with Crippen LogP contribution < -0.4 is 31.9 Å². The third kappa shape index (κ3) is 2.78. The molecule has 1 aliphatic heterocycles. The van der Waals surface area contributed by atoms with Crippen molar-refractivity contribution >= 4 is 22.5 Å². The second-order valence-electron chi connectivity index (χ2n) is 5.93. The molecule has 26 heavy (non-hydrogen) atoms. The Bertz CT molecular complexity index is 1100. The number of hydrogen-bond acceptors (Lipinski definition) is 8. The molecule has 0 bridgehead atoms. The molecule has 4 rings (SSSR count). The van der Waals surface area contributed by atoms with Crippen LogP contribution in [0.15, 0.2) is 38.3 Å². The summed E-state index contributed by atoms with van der Waals surface area (Å²) in [7, 11) is 1.90. The summed E-state index contributed by atoms with van der Waals surface area (Å²) in [4.78, 5) is 30.7. The standard InChI is InChI=1S/C17H17N5O4/c1-3-10-7-13(23)26-16-14(10)15(24)18-17(19-16)25-8-9-4-5-12-11(6-9)20-21-22(12)2/h4-7,20-21H,3,8H2,1-2H3,(H,18,19,24). The first-order valence-electron chi connectivity index (χ1n) is 8.13. The second kappa shape index (κ2) is 6.19. The molecule has 0 aliphatic carbocycles. The Balaban J connectivity index is 1.62. The van der Waals surface area contributed by atoms with Crippen molar-refractivity contribution in [3.05, 3.63) is 56.2 Å². The van der Waals surface area contributed by atoms with Crippen LogP contribution in [0.25, 0.3) is 11.1 Å². The number of hydrazine groups is 2. The van der Waals surface area contributed by atoms with Gasteiger partial charge in [0.2, 0.25) is 5.71 Å². The summed E-state index contributed by atoms with van der Waals surface area (Å²) in [5.41, 5.74) is 8.47. The van der Waals surface area contributed by atoms with Gasteiger partial charge in [-0.15, -0.1) is 5.53 Å². The predicted octanol–water partition coefficient (Wildman–Crippen LogP) is 1.30. The van der Waals surface area contributed by atoms with Crippen LogP contribution in [0.4, 0.5) is 11.4 Å². The van der Waals surface area contributed by atoms with E-state index in [0.717, 1.165) is 16.9 Å². The quantitative estimate of drug-likeness (QED) is 0.642. The first-order valence-corrected chi connectivity index (χ1v) is 8.13. The average molecular weight is 355 g/mol. The largest absolute Gasteiger partial charge is 0.460 e. The van der Waals surface area contributed by atoms with E-state index in [0.29, 0.717) is 12.0 Å². The normalized spacial score (nSPS) is 12.9. The number of benzene rings is 1. The van der Waals surface area contributed by atoms with E-state index in [-0.39, 0.29) is 23.7 Å². The molecule has 0 amide bonds. The lowest BCUT2D eigenvalue weighted by Gasteiger charge is -2.10. The van der Waals surface area contributed by atoms with Crippen LogP contribution in [-0.2, 0) is 13.0 Å². The number of nitrogens with one attached hydrogen (secondary N) is 3. The van der Waals surface area contributed by atoms with Crippen LogP contribution in [0.2, 0.25) is 0 Å². The lowest BCUT2D eigenvalue weighted by molar-refractivity contribution is 0.279. The smallest absolute Gasteiger partial charge is 0.337 e. The molecule has 0 saturated heterocycles. The lowest BCUT2D eigenvalue weighted by atomic mass is 10.1. The molecule has 0 atom stereocenters. The van der Waals surface area contributed by atoms with E-state index in [1.54, 1.807) is 0 Å². The van der Waals surface area contributed by atoms with Crippen molar-refractivity contribution in [3.8, 4) is 6.01 Å². The van der Waals surface area contributed by atoms with Crippen LogP contribution in [0.3, 0.4) is 0 Å². The summed E-state index contributed by atoms with van der Waals surface area (Å²) in [6.45, 7) is 2.05. The van der Waals surface area contributed by atoms with Crippen molar-refractivity contribution in [1.29, 1.82) is 0 Å². The number of anilines is 2. The Hall–Kier alpha value is -3.33. The van der Waals surface area contributed by atoms with Crippen molar-refractivity contribution in [1.82, 2.24) is 15.5 Å². The maximum atomic E-state index is 12.3. The summed E-state index contributed by atoms with van der Waals surface area (Å²) in [6, 6.07) is 7.10. The van der Waals surface area contributed by atoms with Crippen molar-refractivity contribution in [2.45, 2.75) is 20.0 Å². The molecule has 3 heterocycles. The van der Waals surface area contributed by atoms with E-state index in [2.05, 4.69) is 20.9 Å².